The first-order chi connectivity index (χ1) is 8.27. The lowest BCUT2D eigenvalue weighted by atomic mass is 10.2. The summed E-state index contributed by atoms with van der Waals surface area (Å²) in [5.41, 5.74) is 2.04. The highest BCUT2D eigenvalue weighted by atomic mass is 14.9. The lowest BCUT2D eigenvalue weighted by molar-refractivity contribution is 1.04. The molecule has 96 valence electrons. The molecular formula is C15H26N2. The second-order valence-corrected chi connectivity index (χ2v) is 2.76. The van der Waals surface area contributed by atoms with Crippen LogP contribution in [0.5, 0.6) is 0 Å². The Labute approximate surface area is 107 Å². The van der Waals surface area contributed by atoms with Crippen LogP contribution in [0.1, 0.15) is 58.6 Å². The van der Waals surface area contributed by atoms with Crippen LogP contribution in [-0.2, 0) is 0 Å². The molecule has 0 spiro atoms. The Morgan fingerprint density at radius 3 is 1.94 bits per heavy atom. The molecule has 0 aliphatic heterocycles. The van der Waals surface area contributed by atoms with E-state index in [0.29, 0.717) is 0 Å². The lowest BCUT2D eigenvalue weighted by Crippen LogP contribution is -1.93. The summed E-state index contributed by atoms with van der Waals surface area (Å²) in [7, 11) is 0. The SMILES string of the molecule is C/C=C\c1cnc(C)nc1/C=C\C.CC.CC. The van der Waals surface area contributed by atoms with E-state index in [1.807, 2.05) is 79.0 Å². The molecule has 0 aromatic carbocycles. The minimum atomic E-state index is 0.807. The monoisotopic (exact) mass is 234 g/mol. The van der Waals surface area contributed by atoms with Crippen LogP contribution in [0.15, 0.2) is 18.3 Å². The maximum absolute atomic E-state index is 4.33. The van der Waals surface area contributed by atoms with Gasteiger partial charge in [0.1, 0.15) is 5.82 Å². The number of hydrogen-bond acceptors (Lipinski definition) is 2. The Hall–Kier alpha value is -1.44. The molecule has 0 saturated heterocycles. The second kappa shape index (κ2) is 12.6. The fraction of sp³-hybridized carbons (Fsp3) is 0.467. The maximum atomic E-state index is 4.33. The highest BCUT2D eigenvalue weighted by molar-refractivity contribution is 5.61. The van der Waals surface area contributed by atoms with Crippen molar-refractivity contribution in [1.82, 2.24) is 9.97 Å². The molecule has 0 bridgehead atoms. The van der Waals surface area contributed by atoms with Gasteiger partial charge in [-0.05, 0) is 26.8 Å². The Bertz CT molecular complexity index is 339. The molecule has 2 nitrogen and oxygen atoms in total. The summed E-state index contributed by atoms with van der Waals surface area (Å²) in [5, 5.41) is 0. The largest absolute Gasteiger partial charge is 0.241 e. The zero-order valence-corrected chi connectivity index (χ0v) is 12.3. The van der Waals surface area contributed by atoms with Gasteiger partial charge in [0.25, 0.3) is 0 Å². The number of aromatic nitrogens is 2. The van der Waals surface area contributed by atoms with Crippen molar-refractivity contribution >= 4 is 12.2 Å². The van der Waals surface area contributed by atoms with E-state index in [1.165, 1.54) is 0 Å². The minimum absolute atomic E-state index is 0.807. The summed E-state index contributed by atoms with van der Waals surface area (Å²) in [5.74, 6) is 0.807. The van der Waals surface area contributed by atoms with Crippen molar-refractivity contribution < 1.29 is 0 Å². The average Bonchev–Trinajstić information content (AvgIpc) is 2.38. The minimum Gasteiger partial charge on any atom is -0.241 e. The molecule has 1 heterocycles. The summed E-state index contributed by atoms with van der Waals surface area (Å²) >= 11 is 0. The van der Waals surface area contributed by atoms with Crippen molar-refractivity contribution in [3.05, 3.63) is 35.4 Å². The third-order valence-electron chi connectivity index (χ3n) is 1.64. The summed E-state index contributed by atoms with van der Waals surface area (Å²) in [6, 6.07) is 0. The topological polar surface area (TPSA) is 25.8 Å². The van der Waals surface area contributed by atoms with Gasteiger partial charge in [-0.1, -0.05) is 45.9 Å². The predicted octanol–water partition coefficient (Wildman–Crippen LogP) is 4.90. The van der Waals surface area contributed by atoms with E-state index < -0.39 is 0 Å². The molecule has 1 aromatic heterocycles. The Morgan fingerprint density at radius 2 is 1.47 bits per heavy atom. The Morgan fingerprint density at radius 1 is 0.941 bits per heavy atom. The first-order valence-electron chi connectivity index (χ1n) is 6.37. The molecule has 1 rings (SSSR count). The fourth-order valence-corrected chi connectivity index (χ4v) is 1.10. The summed E-state index contributed by atoms with van der Waals surface area (Å²) in [6.45, 7) is 13.9. The van der Waals surface area contributed by atoms with Crippen LogP contribution in [0.3, 0.4) is 0 Å². The van der Waals surface area contributed by atoms with E-state index in [2.05, 4.69) is 9.97 Å². The van der Waals surface area contributed by atoms with Crippen LogP contribution in [0.4, 0.5) is 0 Å². The normalized spacial score (nSPS) is 9.59. The van der Waals surface area contributed by atoms with E-state index in [9.17, 15) is 0 Å². The third kappa shape index (κ3) is 7.45. The molecule has 0 atom stereocenters. The van der Waals surface area contributed by atoms with Gasteiger partial charge in [-0.25, -0.2) is 9.97 Å². The van der Waals surface area contributed by atoms with Crippen LogP contribution < -0.4 is 0 Å². The van der Waals surface area contributed by atoms with Gasteiger partial charge in [0.2, 0.25) is 0 Å². The number of allylic oxidation sites excluding steroid dienone is 2. The van der Waals surface area contributed by atoms with Gasteiger partial charge in [-0.3, -0.25) is 0 Å². The zero-order chi connectivity index (χ0) is 13.7. The van der Waals surface area contributed by atoms with Gasteiger partial charge in [0, 0.05) is 11.8 Å². The smallest absolute Gasteiger partial charge is 0.125 e. The molecule has 0 N–H and O–H groups in total. The van der Waals surface area contributed by atoms with Crippen LogP contribution >= 0.6 is 0 Å². The number of rotatable bonds is 2. The van der Waals surface area contributed by atoms with Crippen LogP contribution in [0.2, 0.25) is 0 Å². The van der Waals surface area contributed by atoms with E-state index in [0.717, 1.165) is 17.1 Å². The van der Waals surface area contributed by atoms with E-state index in [-0.39, 0.29) is 0 Å². The molecule has 0 radical (unpaired) electrons. The second-order valence-electron chi connectivity index (χ2n) is 2.76. The molecule has 0 aliphatic carbocycles. The van der Waals surface area contributed by atoms with Crippen molar-refractivity contribution in [2.45, 2.75) is 48.5 Å². The van der Waals surface area contributed by atoms with Crippen molar-refractivity contribution in [2.75, 3.05) is 0 Å². The molecular weight excluding hydrogens is 208 g/mol. The Kier molecular flexibility index (Phi) is 13.3. The standard InChI is InChI=1S/C11H14N2.2C2H6/c1-4-6-10-8-12-9(3)13-11(10)7-5-2;2*1-2/h4-8H,1-3H3;2*1-2H3/b6-4-,7-5-;;. The summed E-state index contributed by atoms with van der Waals surface area (Å²) in [4.78, 5) is 8.48. The number of hydrogen-bond donors (Lipinski definition) is 0. The van der Waals surface area contributed by atoms with Gasteiger partial charge in [0.15, 0.2) is 0 Å². The van der Waals surface area contributed by atoms with Crippen LogP contribution in [0.25, 0.3) is 12.2 Å². The summed E-state index contributed by atoms with van der Waals surface area (Å²) in [6.07, 6.45) is 9.81. The maximum Gasteiger partial charge on any atom is 0.125 e. The number of aryl methyl sites for hydroxylation is 1. The third-order valence-corrected chi connectivity index (χ3v) is 1.64. The molecule has 0 saturated carbocycles. The highest BCUT2D eigenvalue weighted by Gasteiger charge is 1.97. The van der Waals surface area contributed by atoms with Crippen molar-refractivity contribution in [2.24, 2.45) is 0 Å². The predicted molar refractivity (Wildman–Crippen MR) is 78.9 cm³/mol. The van der Waals surface area contributed by atoms with Gasteiger partial charge in [-0.15, -0.1) is 0 Å². The summed E-state index contributed by atoms with van der Waals surface area (Å²) < 4.78 is 0. The molecule has 0 aliphatic rings. The first-order valence-corrected chi connectivity index (χ1v) is 6.37. The molecule has 0 fully saturated rings. The van der Waals surface area contributed by atoms with Gasteiger partial charge in [-0.2, -0.15) is 0 Å². The van der Waals surface area contributed by atoms with E-state index in [1.54, 1.807) is 0 Å². The van der Waals surface area contributed by atoms with Crippen molar-refractivity contribution in [1.29, 1.82) is 0 Å². The first kappa shape index (κ1) is 17.9. The van der Waals surface area contributed by atoms with E-state index >= 15 is 0 Å². The van der Waals surface area contributed by atoms with Gasteiger partial charge < -0.3 is 0 Å². The van der Waals surface area contributed by atoms with Crippen LogP contribution in [0, 0.1) is 6.92 Å². The Balaban J connectivity index is 0. The molecule has 0 amide bonds. The fourth-order valence-electron chi connectivity index (χ4n) is 1.10. The average molecular weight is 234 g/mol. The highest BCUT2D eigenvalue weighted by Crippen LogP contribution is 2.09. The lowest BCUT2D eigenvalue weighted by Gasteiger charge is -2.00. The quantitative estimate of drug-likeness (QED) is 0.727. The molecule has 2 heteroatoms. The molecule has 17 heavy (non-hydrogen) atoms. The molecule has 1 aromatic rings. The van der Waals surface area contributed by atoms with Gasteiger partial charge >= 0.3 is 0 Å². The van der Waals surface area contributed by atoms with Crippen molar-refractivity contribution in [3.63, 3.8) is 0 Å². The van der Waals surface area contributed by atoms with Gasteiger partial charge in [0.05, 0.1) is 5.69 Å². The van der Waals surface area contributed by atoms with Crippen LogP contribution in [-0.4, -0.2) is 9.97 Å². The van der Waals surface area contributed by atoms with E-state index in [4.69, 9.17) is 0 Å². The zero-order valence-electron chi connectivity index (χ0n) is 12.3. The number of nitrogens with zero attached hydrogens (tertiary/aromatic N) is 2. The van der Waals surface area contributed by atoms with Crippen molar-refractivity contribution in [3.8, 4) is 0 Å². The molecule has 0 unspecified atom stereocenters.